The standard InChI is InChI=1S/C28H32N2O4S/c1-20(2)28(31)30(25-12-9-21(3)10-13-25)18-23-11-14-26-24(17-23)19-29(15-16-34-26)35(32,33)27-8-6-5-7-22(27)4/h5-14,17,20H,15-16,18-19H2,1-4H3. The number of fused-ring (bicyclic) bond motifs is 1. The van der Waals surface area contributed by atoms with Crippen LogP contribution >= 0.6 is 0 Å². The normalized spacial score (nSPS) is 14.2. The molecule has 0 unspecified atom stereocenters. The summed E-state index contributed by atoms with van der Waals surface area (Å²) in [5.74, 6) is 0.548. The van der Waals surface area contributed by atoms with Gasteiger partial charge in [-0.2, -0.15) is 4.31 Å². The Bertz CT molecular complexity index is 1320. The summed E-state index contributed by atoms with van der Waals surface area (Å²) in [6.07, 6.45) is 0. The smallest absolute Gasteiger partial charge is 0.243 e. The highest BCUT2D eigenvalue weighted by molar-refractivity contribution is 7.89. The van der Waals surface area contributed by atoms with Gasteiger partial charge in [0, 0.05) is 30.3 Å². The summed E-state index contributed by atoms with van der Waals surface area (Å²) < 4.78 is 34.2. The van der Waals surface area contributed by atoms with E-state index in [4.69, 9.17) is 4.74 Å². The molecule has 3 aromatic rings. The molecule has 0 aliphatic carbocycles. The Kier molecular flexibility index (Phi) is 7.28. The first-order valence-electron chi connectivity index (χ1n) is 11.9. The largest absolute Gasteiger partial charge is 0.492 e. The van der Waals surface area contributed by atoms with Crippen LogP contribution in [0, 0.1) is 19.8 Å². The molecular formula is C28H32N2O4S. The quantitative estimate of drug-likeness (QED) is 0.482. The maximum Gasteiger partial charge on any atom is 0.243 e. The first-order chi connectivity index (χ1) is 16.7. The summed E-state index contributed by atoms with van der Waals surface area (Å²) in [6, 6.07) is 20.7. The minimum Gasteiger partial charge on any atom is -0.492 e. The molecule has 0 saturated carbocycles. The Morgan fingerprint density at radius 2 is 1.74 bits per heavy atom. The van der Waals surface area contributed by atoms with Gasteiger partial charge in [-0.3, -0.25) is 4.79 Å². The van der Waals surface area contributed by atoms with Crippen LogP contribution in [0.1, 0.15) is 36.1 Å². The van der Waals surface area contributed by atoms with Gasteiger partial charge in [0.25, 0.3) is 0 Å². The van der Waals surface area contributed by atoms with Gasteiger partial charge in [0.15, 0.2) is 0 Å². The van der Waals surface area contributed by atoms with E-state index in [2.05, 4.69) is 0 Å². The molecule has 1 amide bonds. The predicted molar refractivity (Wildman–Crippen MR) is 138 cm³/mol. The van der Waals surface area contributed by atoms with Crippen LogP contribution in [-0.2, 0) is 27.9 Å². The number of aryl methyl sites for hydroxylation is 2. The van der Waals surface area contributed by atoms with Crippen LogP contribution in [0.15, 0.2) is 71.6 Å². The molecule has 0 spiro atoms. The van der Waals surface area contributed by atoms with E-state index >= 15 is 0 Å². The van der Waals surface area contributed by atoms with Crippen molar-refractivity contribution in [1.82, 2.24) is 4.31 Å². The van der Waals surface area contributed by atoms with Crippen molar-refractivity contribution >= 4 is 21.6 Å². The maximum absolute atomic E-state index is 13.4. The summed E-state index contributed by atoms with van der Waals surface area (Å²) in [6.45, 7) is 8.74. The second-order valence-electron chi connectivity index (χ2n) is 9.31. The molecular weight excluding hydrogens is 460 g/mol. The number of rotatable bonds is 6. The molecule has 184 valence electrons. The van der Waals surface area contributed by atoms with E-state index < -0.39 is 10.0 Å². The minimum atomic E-state index is -3.68. The van der Waals surface area contributed by atoms with Gasteiger partial charge in [-0.05, 0) is 55.3 Å². The van der Waals surface area contributed by atoms with E-state index in [-0.39, 0.29) is 31.5 Å². The number of amides is 1. The molecule has 0 saturated heterocycles. The zero-order valence-corrected chi connectivity index (χ0v) is 21.5. The van der Waals surface area contributed by atoms with Crippen molar-refractivity contribution in [1.29, 1.82) is 0 Å². The fraction of sp³-hybridized carbons (Fsp3) is 0.321. The zero-order chi connectivity index (χ0) is 25.2. The Morgan fingerprint density at radius 3 is 2.43 bits per heavy atom. The van der Waals surface area contributed by atoms with Gasteiger partial charge in [-0.15, -0.1) is 0 Å². The lowest BCUT2D eigenvalue weighted by Gasteiger charge is -2.26. The van der Waals surface area contributed by atoms with Crippen LogP contribution in [0.5, 0.6) is 5.75 Å². The third kappa shape index (κ3) is 5.41. The second-order valence-corrected chi connectivity index (χ2v) is 11.2. The molecule has 4 rings (SSSR count). The number of benzene rings is 3. The van der Waals surface area contributed by atoms with Crippen molar-refractivity contribution in [3.63, 3.8) is 0 Å². The molecule has 3 aromatic carbocycles. The number of anilines is 1. The Balaban J connectivity index is 1.64. The van der Waals surface area contributed by atoms with Crippen molar-refractivity contribution in [2.75, 3.05) is 18.1 Å². The summed E-state index contributed by atoms with van der Waals surface area (Å²) >= 11 is 0. The molecule has 1 heterocycles. The molecule has 0 aromatic heterocycles. The van der Waals surface area contributed by atoms with E-state index in [0.29, 0.717) is 22.8 Å². The SMILES string of the molecule is Cc1ccc(N(Cc2ccc3c(c2)CN(S(=O)(=O)c2ccccc2C)CCO3)C(=O)C(C)C)cc1. The van der Waals surface area contributed by atoms with E-state index in [0.717, 1.165) is 22.4 Å². The van der Waals surface area contributed by atoms with Gasteiger partial charge in [0.1, 0.15) is 12.4 Å². The highest BCUT2D eigenvalue weighted by Crippen LogP contribution is 2.30. The summed E-state index contributed by atoms with van der Waals surface area (Å²) in [7, 11) is -3.68. The molecule has 0 radical (unpaired) electrons. The van der Waals surface area contributed by atoms with Crippen LogP contribution in [0.25, 0.3) is 0 Å². The fourth-order valence-electron chi connectivity index (χ4n) is 4.23. The van der Waals surface area contributed by atoms with Crippen LogP contribution in [0.4, 0.5) is 5.69 Å². The molecule has 6 nitrogen and oxygen atoms in total. The zero-order valence-electron chi connectivity index (χ0n) is 20.7. The molecule has 1 aliphatic heterocycles. The van der Waals surface area contributed by atoms with Crippen LogP contribution in [0.2, 0.25) is 0 Å². The Morgan fingerprint density at radius 1 is 1.03 bits per heavy atom. The van der Waals surface area contributed by atoms with Crippen molar-refractivity contribution < 1.29 is 17.9 Å². The lowest BCUT2D eigenvalue weighted by molar-refractivity contribution is -0.121. The molecule has 1 aliphatic rings. The van der Waals surface area contributed by atoms with Crippen molar-refractivity contribution in [2.45, 2.75) is 45.7 Å². The van der Waals surface area contributed by atoms with Crippen molar-refractivity contribution in [3.8, 4) is 5.75 Å². The number of hydrogen-bond acceptors (Lipinski definition) is 4. The first-order valence-corrected chi connectivity index (χ1v) is 13.3. The second kappa shape index (κ2) is 10.2. The lowest BCUT2D eigenvalue weighted by Crippen LogP contribution is -2.34. The highest BCUT2D eigenvalue weighted by atomic mass is 32.2. The van der Waals surface area contributed by atoms with Gasteiger partial charge in [0.2, 0.25) is 15.9 Å². The third-order valence-corrected chi connectivity index (χ3v) is 8.23. The monoisotopic (exact) mass is 492 g/mol. The molecule has 0 fully saturated rings. The number of carbonyl (C=O) groups is 1. The van der Waals surface area contributed by atoms with E-state index in [1.54, 1.807) is 30.0 Å². The maximum atomic E-state index is 13.4. The van der Waals surface area contributed by atoms with Crippen molar-refractivity contribution in [2.24, 2.45) is 5.92 Å². The highest BCUT2D eigenvalue weighted by Gasteiger charge is 2.29. The fourth-order valence-corrected chi connectivity index (χ4v) is 5.86. The lowest BCUT2D eigenvalue weighted by atomic mass is 10.1. The van der Waals surface area contributed by atoms with Gasteiger partial charge in [-0.25, -0.2) is 8.42 Å². The Hall–Kier alpha value is -3.16. The molecule has 35 heavy (non-hydrogen) atoms. The van der Waals surface area contributed by atoms with Crippen LogP contribution in [0.3, 0.4) is 0 Å². The van der Waals surface area contributed by atoms with Gasteiger partial charge < -0.3 is 9.64 Å². The molecule has 0 atom stereocenters. The molecule has 0 N–H and O–H groups in total. The van der Waals surface area contributed by atoms with Crippen molar-refractivity contribution in [3.05, 3.63) is 89.0 Å². The summed E-state index contributed by atoms with van der Waals surface area (Å²) in [4.78, 5) is 15.2. The van der Waals surface area contributed by atoms with E-state index in [1.807, 2.05) is 69.3 Å². The predicted octanol–water partition coefficient (Wildman–Crippen LogP) is 5.08. The third-order valence-electron chi connectivity index (χ3n) is 6.23. The van der Waals surface area contributed by atoms with E-state index in [1.165, 1.54) is 4.31 Å². The van der Waals surface area contributed by atoms with Crippen LogP contribution in [-0.4, -0.2) is 31.8 Å². The summed E-state index contributed by atoms with van der Waals surface area (Å²) in [5.41, 5.74) is 4.38. The number of carbonyl (C=O) groups excluding carboxylic acids is 1. The number of nitrogens with zero attached hydrogens (tertiary/aromatic N) is 2. The Labute approximate surface area is 208 Å². The van der Waals surface area contributed by atoms with Gasteiger partial charge in [-0.1, -0.05) is 55.8 Å². The first kappa shape index (κ1) is 24.9. The summed E-state index contributed by atoms with van der Waals surface area (Å²) in [5, 5.41) is 0. The van der Waals surface area contributed by atoms with Gasteiger partial charge >= 0.3 is 0 Å². The van der Waals surface area contributed by atoms with Crippen LogP contribution < -0.4 is 9.64 Å². The molecule has 0 bridgehead atoms. The number of ether oxygens (including phenoxy) is 1. The number of sulfonamides is 1. The minimum absolute atomic E-state index is 0.0313. The van der Waals surface area contributed by atoms with Gasteiger partial charge in [0.05, 0.1) is 11.4 Å². The van der Waals surface area contributed by atoms with E-state index in [9.17, 15) is 13.2 Å². The average Bonchev–Trinajstić information content (AvgIpc) is 3.05. The molecule has 7 heteroatoms. The topological polar surface area (TPSA) is 66.9 Å². The number of hydrogen-bond donors (Lipinski definition) is 0. The average molecular weight is 493 g/mol.